The second kappa shape index (κ2) is 8.78. The number of rotatable bonds is 7. The fraction of sp³-hybridized carbons (Fsp3) is 0.524. The summed E-state index contributed by atoms with van der Waals surface area (Å²) in [6.45, 7) is 2.52. The van der Waals surface area contributed by atoms with Crippen LogP contribution in [0.15, 0.2) is 24.3 Å². The van der Waals surface area contributed by atoms with E-state index in [1.54, 1.807) is 7.11 Å². The van der Waals surface area contributed by atoms with E-state index >= 15 is 0 Å². The number of methoxy groups -OCH3 is 1. The van der Waals surface area contributed by atoms with Gasteiger partial charge < -0.3 is 9.64 Å². The summed E-state index contributed by atoms with van der Waals surface area (Å²) in [6, 6.07) is 7.80. The first-order chi connectivity index (χ1) is 14.3. The molecule has 1 aromatic heterocycles. The molecule has 1 aliphatic carbocycles. The van der Waals surface area contributed by atoms with E-state index in [9.17, 15) is 8.42 Å². The van der Waals surface area contributed by atoms with Crippen molar-refractivity contribution in [1.29, 1.82) is 0 Å². The number of benzene rings is 1. The smallest absolute Gasteiger partial charge is 0.211 e. The van der Waals surface area contributed by atoms with Gasteiger partial charge in [0.25, 0.3) is 0 Å². The van der Waals surface area contributed by atoms with Crippen LogP contribution in [-0.2, 0) is 27.8 Å². The van der Waals surface area contributed by atoms with Crippen LogP contribution in [0.3, 0.4) is 0 Å². The summed E-state index contributed by atoms with van der Waals surface area (Å²) in [4.78, 5) is 12.0. The quantitative estimate of drug-likeness (QED) is 0.645. The van der Waals surface area contributed by atoms with Gasteiger partial charge in [-0.15, -0.1) is 0 Å². The Morgan fingerprint density at radius 3 is 2.50 bits per heavy atom. The molecule has 0 unspecified atom stereocenters. The summed E-state index contributed by atoms with van der Waals surface area (Å²) in [5.74, 6) is 2.18. The van der Waals surface area contributed by atoms with Crippen molar-refractivity contribution in [2.45, 2.75) is 31.8 Å². The Kier molecular flexibility index (Phi) is 6.29. The topological polar surface area (TPSA) is 75.6 Å². The van der Waals surface area contributed by atoms with Crippen molar-refractivity contribution in [3.05, 3.63) is 51.9 Å². The third-order valence-electron chi connectivity index (χ3n) is 5.59. The van der Waals surface area contributed by atoms with Crippen molar-refractivity contribution < 1.29 is 13.2 Å². The normalized spacial score (nSPS) is 18.0. The minimum absolute atomic E-state index is 0.411. The van der Waals surface area contributed by atoms with Crippen LogP contribution < -0.4 is 4.90 Å². The van der Waals surface area contributed by atoms with E-state index in [0.29, 0.717) is 50.1 Å². The van der Waals surface area contributed by atoms with Gasteiger partial charge in [-0.1, -0.05) is 23.7 Å². The molecule has 0 amide bonds. The van der Waals surface area contributed by atoms with Crippen LogP contribution in [0.25, 0.3) is 0 Å². The fourth-order valence-corrected chi connectivity index (χ4v) is 4.88. The average molecular weight is 451 g/mol. The molecule has 0 radical (unpaired) electrons. The van der Waals surface area contributed by atoms with Crippen LogP contribution >= 0.6 is 11.6 Å². The summed E-state index contributed by atoms with van der Waals surface area (Å²) in [6.07, 6.45) is 4.13. The maximum atomic E-state index is 11.9. The van der Waals surface area contributed by atoms with E-state index in [2.05, 4.69) is 4.90 Å². The minimum atomic E-state index is -3.18. The van der Waals surface area contributed by atoms with Crippen LogP contribution in [0.4, 0.5) is 5.82 Å². The second-order valence-corrected chi connectivity index (χ2v) is 10.4. The van der Waals surface area contributed by atoms with Crippen LogP contribution in [0.5, 0.6) is 0 Å². The summed E-state index contributed by atoms with van der Waals surface area (Å²) in [5.41, 5.74) is 3.00. The van der Waals surface area contributed by atoms with Crippen LogP contribution in [-0.4, -0.2) is 62.2 Å². The molecule has 0 atom stereocenters. The maximum Gasteiger partial charge on any atom is 0.211 e. The van der Waals surface area contributed by atoms with Gasteiger partial charge in [-0.05, 0) is 30.5 Å². The zero-order chi connectivity index (χ0) is 21.3. The third kappa shape index (κ3) is 4.94. The molecule has 1 saturated carbocycles. The van der Waals surface area contributed by atoms with E-state index in [4.69, 9.17) is 26.3 Å². The van der Waals surface area contributed by atoms with E-state index < -0.39 is 10.0 Å². The predicted octanol–water partition coefficient (Wildman–Crippen LogP) is 2.83. The SMILES string of the molecule is COCc1nc(C2CC2)nc(N2CCN(S(C)(=O)=O)CC2)c1Cc1cccc(Cl)c1. The minimum Gasteiger partial charge on any atom is -0.378 e. The number of anilines is 1. The molecule has 0 bridgehead atoms. The zero-order valence-corrected chi connectivity index (χ0v) is 18.9. The molecule has 1 aromatic carbocycles. The maximum absolute atomic E-state index is 11.9. The van der Waals surface area contributed by atoms with E-state index in [0.717, 1.165) is 41.3 Å². The molecule has 2 aliphatic rings. The molecule has 2 fully saturated rings. The number of aromatic nitrogens is 2. The number of piperazine rings is 1. The van der Waals surface area contributed by atoms with E-state index in [-0.39, 0.29) is 0 Å². The standard InChI is InChI=1S/C21H27ClN4O3S/c1-29-14-19-18(13-15-4-3-5-17(22)12-15)21(24-20(23-19)16-6-7-16)25-8-10-26(11-9-25)30(2,27)28/h3-5,12,16H,6-11,13-14H2,1-2H3. The Balaban J connectivity index is 1.71. The highest BCUT2D eigenvalue weighted by atomic mass is 35.5. The van der Waals surface area contributed by atoms with Gasteiger partial charge in [0.05, 0.1) is 18.6 Å². The molecule has 9 heteroatoms. The summed E-state index contributed by atoms with van der Waals surface area (Å²) in [7, 11) is -1.51. The van der Waals surface area contributed by atoms with Gasteiger partial charge in [0.15, 0.2) is 0 Å². The van der Waals surface area contributed by atoms with Crippen molar-refractivity contribution in [2.24, 2.45) is 0 Å². The lowest BCUT2D eigenvalue weighted by Crippen LogP contribution is -2.49. The van der Waals surface area contributed by atoms with Crippen molar-refractivity contribution in [3.8, 4) is 0 Å². The van der Waals surface area contributed by atoms with Crippen molar-refractivity contribution in [1.82, 2.24) is 14.3 Å². The van der Waals surface area contributed by atoms with Gasteiger partial charge in [-0.3, -0.25) is 0 Å². The number of nitrogens with zero attached hydrogens (tertiary/aromatic N) is 4. The van der Waals surface area contributed by atoms with E-state index in [1.165, 1.54) is 10.6 Å². The molecule has 1 saturated heterocycles. The highest BCUT2D eigenvalue weighted by Crippen LogP contribution is 2.40. The Morgan fingerprint density at radius 2 is 1.90 bits per heavy atom. The lowest BCUT2D eigenvalue weighted by molar-refractivity contribution is 0.180. The molecular weight excluding hydrogens is 424 g/mol. The molecule has 0 N–H and O–H groups in total. The van der Waals surface area contributed by atoms with Crippen molar-refractivity contribution >= 4 is 27.4 Å². The Morgan fingerprint density at radius 1 is 1.17 bits per heavy atom. The lowest BCUT2D eigenvalue weighted by atomic mass is 10.0. The van der Waals surface area contributed by atoms with Crippen molar-refractivity contribution in [3.63, 3.8) is 0 Å². The average Bonchev–Trinajstić information content (AvgIpc) is 3.54. The molecule has 1 aliphatic heterocycles. The van der Waals surface area contributed by atoms with Gasteiger partial charge in [0.1, 0.15) is 11.6 Å². The number of sulfonamides is 1. The van der Waals surface area contributed by atoms with Crippen molar-refractivity contribution in [2.75, 3.05) is 44.4 Å². The zero-order valence-electron chi connectivity index (χ0n) is 17.3. The second-order valence-electron chi connectivity index (χ2n) is 7.99. The van der Waals surface area contributed by atoms with Gasteiger partial charge >= 0.3 is 0 Å². The van der Waals surface area contributed by atoms with Gasteiger partial charge in [0.2, 0.25) is 10.0 Å². The van der Waals surface area contributed by atoms with Crippen LogP contribution in [0, 0.1) is 0 Å². The number of halogens is 1. The number of hydrogen-bond donors (Lipinski definition) is 0. The molecule has 2 aromatic rings. The highest BCUT2D eigenvalue weighted by molar-refractivity contribution is 7.88. The van der Waals surface area contributed by atoms with Crippen LogP contribution in [0.2, 0.25) is 5.02 Å². The molecule has 162 valence electrons. The van der Waals surface area contributed by atoms with E-state index in [1.807, 2.05) is 24.3 Å². The fourth-order valence-electron chi connectivity index (χ4n) is 3.84. The molecule has 4 rings (SSSR count). The van der Waals surface area contributed by atoms with Gasteiger partial charge in [-0.2, -0.15) is 4.31 Å². The molecule has 30 heavy (non-hydrogen) atoms. The monoisotopic (exact) mass is 450 g/mol. The molecule has 2 heterocycles. The number of hydrogen-bond acceptors (Lipinski definition) is 6. The first-order valence-electron chi connectivity index (χ1n) is 10.2. The predicted molar refractivity (Wildman–Crippen MR) is 118 cm³/mol. The third-order valence-corrected chi connectivity index (χ3v) is 7.13. The largest absolute Gasteiger partial charge is 0.378 e. The lowest BCUT2D eigenvalue weighted by Gasteiger charge is -2.35. The summed E-state index contributed by atoms with van der Waals surface area (Å²) >= 11 is 6.21. The van der Waals surface area contributed by atoms with Gasteiger partial charge in [-0.25, -0.2) is 18.4 Å². The Labute approximate surface area is 183 Å². The summed E-state index contributed by atoms with van der Waals surface area (Å²) < 4.78 is 30.8. The van der Waals surface area contributed by atoms with Crippen LogP contribution in [0.1, 0.15) is 41.4 Å². The Bertz CT molecular complexity index is 1020. The van der Waals surface area contributed by atoms with Gasteiger partial charge in [0, 0.05) is 56.2 Å². The number of ether oxygens (including phenoxy) is 1. The first-order valence-corrected chi connectivity index (χ1v) is 12.4. The molecule has 7 nitrogen and oxygen atoms in total. The first kappa shape index (κ1) is 21.5. The molecule has 0 spiro atoms. The highest BCUT2D eigenvalue weighted by Gasteiger charge is 2.31. The molecular formula is C21H27ClN4O3S. The Hall–Kier alpha value is -1.74. The summed E-state index contributed by atoms with van der Waals surface area (Å²) in [5, 5.41) is 0.694.